The van der Waals surface area contributed by atoms with Gasteiger partial charge in [0.25, 0.3) is 0 Å². The van der Waals surface area contributed by atoms with Crippen molar-refractivity contribution in [1.29, 1.82) is 0 Å². The highest BCUT2D eigenvalue weighted by Crippen LogP contribution is 2.40. The summed E-state index contributed by atoms with van der Waals surface area (Å²) in [5, 5.41) is 0. The van der Waals surface area contributed by atoms with Crippen LogP contribution < -0.4 is 0 Å². The zero-order valence-electron chi connectivity index (χ0n) is 11.2. The Bertz CT molecular complexity index is 395. The van der Waals surface area contributed by atoms with Gasteiger partial charge in [-0.25, -0.2) is 4.31 Å². The lowest BCUT2D eigenvalue weighted by atomic mass is 9.85. The Labute approximate surface area is 114 Å². The Morgan fingerprint density at radius 1 is 1.17 bits per heavy atom. The monoisotopic (exact) mass is 262 g/mol. The number of hydrogen-bond acceptors (Lipinski definition) is 3. The molecule has 3 atom stereocenters. The van der Waals surface area contributed by atoms with Gasteiger partial charge < -0.3 is 4.90 Å². The van der Waals surface area contributed by atoms with E-state index in [1.54, 1.807) is 0 Å². The maximum Gasteiger partial charge on any atom is 0.0261 e. The lowest BCUT2D eigenvalue weighted by Crippen LogP contribution is -2.49. The second-order valence-electron chi connectivity index (χ2n) is 5.76. The van der Waals surface area contributed by atoms with Gasteiger partial charge in [0.15, 0.2) is 0 Å². The van der Waals surface area contributed by atoms with Gasteiger partial charge in [-0.05, 0) is 49.4 Å². The van der Waals surface area contributed by atoms with Crippen molar-refractivity contribution in [3.05, 3.63) is 30.3 Å². The van der Waals surface area contributed by atoms with E-state index in [4.69, 9.17) is 0 Å². The van der Waals surface area contributed by atoms with Crippen molar-refractivity contribution in [2.75, 3.05) is 26.7 Å². The molecule has 3 heteroatoms. The number of likely N-dealkylation sites (tertiary alicyclic amines) is 1. The van der Waals surface area contributed by atoms with Crippen molar-refractivity contribution < 1.29 is 0 Å². The normalized spacial score (nSPS) is 33.6. The van der Waals surface area contributed by atoms with Crippen molar-refractivity contribution in [1.82, 2.24) is 9.21 Å². The van der Waals surface area contributed by atoms with Gasteiger partial charge in [-0.1, -0.05) is 25.1 Å². The van der Waals surface area contributed by atoms with E-state index < -0.39 is 0 Å². The highest BCUT2D eigenvalue weighted by molar-refractivity contribution is 7.97. The van der Waals surface area contributed by atoms with Crippen molar-refractivity contribution in [3.63, 3.8) is 0 Å². The fourth-order valence-corrected chi connectivity index (χ4v) is 4.43. The summed E-state index contributed by atoms with van der Waals surface area (Å²) in [6.07, 6.45) is 1.38. The van der Waals surface area contributed by atoms with E-state index in [0.29, 0.717) is 0 Å². The van der Waals surface area contributed by atoms with Crippen LogP contribution in [0.5, 0.6) is 0 Å². The van der Waals surface area contributed by atoms with E-state index in [1.165, 1.54) is 31.0 Å². The zero-order chi connectivity index (χ0) is 12.5. The molecule has 3 unspecified atom stereocenters. The zero-order valence-corrected chi connectivity index (χ0v) is 12.1. The Morgan fingerprint density at radius 3 is 2.50 bits per heavy atom. The van der Waals surface area contributed by atoms with Crippen LogP contribution in [0.25, 0.3) is 0 Å². The topological polar surface area (TPSA) is 6.48 Å². The summed E-state index contributed by atoms with van der Waals surface area (Å²) in [6, 6.07) is 11.6. The molecule has 18 heavy (non-hydrogen) atoms. The summed E-state index contributed by atoms with van der Waals surface area (Å²) in [5.41, 5.74) is 0. The van der Waals surface area contributed by atoms with Gasteiger partial charge in [0.1, 0.15) is 0 Å². The highest BCUT2D eigenvalue weighted by atomic mass is 32.2. The summed E-state index contributed by atoms with van der Waals surface area (Å²) in [5.74, 6) is 1.71. The average Bonchev–Trinajstić information content (AvgIpc) is 2.65. The first kappa shape index (κ1) is 12.5. The second-order valence-corrected chi connectivity index (χ2v) is 6.89. The first-order valence-corrected chi connectivity index (χ1v) is 7.69. The van der Waals surface area contributed by atoms with Gasteiger partial charge in [-0.2, -0.15) is 0 Å². The Balaban J connectivity index is 1.62. The quantitative estimate of drug-likeness (QED) is 0.773. The van der Waals surface area contributed by atoms with Crippen LogP contribution in [0.3, 0.4) is 0 Å². The lowest BCUT2D eigenvalue weighted by Gasteiger charge is -2.44. The van der Waals surface area contributed by atoms with Crippen LogP contribution in [0.1, 0.15) is 13.3 Å². The van der Waals surface area contributed by atoms with E-state index in [9.17, 15) is 0 Å². The molecule has 0 aliphatic carbocycles. The summed E-state index contributed by atoms with van der Waals surface area (Å²) in [4.78, 5) is 3.86. The molecular formula is C15H22N2S. The second kappa shape index (κ2) is 5.24. The minimum absolute atomic E-state index is 0.787. The summed E-state index contributed by atoms with van der Waals surface area (Å²) in [6.45, 7) is 6.21. The Hall–Kier alpha value is -0.510. The Morgan fingerprint density at radius 2 is 1.94 bits per heavy atom. The van der Waals surface area contributed by atoms with Gasteiger partial charge >= 0.3 is 0 Å². The van der Waals surface area contributed by atoms with Gasteiger partial charge in [-0.15, -0.1) is 0 Å². The predicted octanol–water partition coefficient (Wildman–Crippen LogP) is 2.97. The molecule has 1 aromatic carbocycles. The predicted molar refractivity (Wildman–Crippen MR) is 77.6 cm³/mol. The lowest BCUT2D eigenvalue weighted by molar-refractivity contribution is 0.132. The van der Waals surface area contributed by atoms with Gasteiger partial charge in [0, 0.05) is 30.6 Å². The minimum atomic E-state index is 0.787. The number of benzene rings is 1. The average molecular weight is 262 g/mol. The molecule has 0 spiro atoms. The van der Waals surface area contributed by atoms with Crippen LogP contribution in [0.15, 0.2) is 35.2 Å². The molecule has 0 radical (unpaired) electrons. The van der Waals surface area contributed by atoms with Crippen LogP contribution in [0.4, 0.5) is 0 Å². The van der Waals surface area contributed by atoms with Crippen LogP contribution >= 0.6 is 11.9 Å². The van der Waals surface area contributed by atoms with Crippen LogP contribution in [0, 0.1) is 11.8 Å². The van der Waals surface area contributed by atoms with Gasteiger partial charge in [0.05, 0.1) is 0 Å². The first-order valence-electron chi connectivity index (χ1n) is 6.92. The molecule has 2 fully saturated rings. The fourth-order valence-electron chi connectivity index (χ4n) is 3.28. The summed E-state index contributed by atoms with van der Waals surface area (Å²) >= 11 is 1.94. The third-order valence-corrected chi connectivity index (χ3v) is 5.50. The molecule has 0 bridgehead atoms. The first-order chi connectivity index (χ1) is 8.74. The molecule has 0 aromatic heterocycles. The molecule has 3 rings (SSSR count). The maximum absolute atomic E-state index is 2.59. The number of hydrogen-bond donors (Lipinski definition) is 0. The van der Waals surface area contributed by atoms with Gasteiger partial charge in [-0.3, -0.25) is 0 Å². The molecule has 1 aromatic rings. The molecule has 0 N–H and O–H groups in total. The number of nitrogens with zero attached hydrogens (tertiary/aromatic N) is 2. The van der Waals surface area contributed by atoms with E-state index in [1.807, 2.05) is 11.9 Å². The van der Waals surface area contributed by atoms with Crippen molar-refractivity contribution in [3.8, 4) is 0 Å². The van der Waals surface area contributed by atoms with E-state index in [2.05, 4.69) is 53.5 Å². The fraction of sp³-hybridized carbons (Fsp3) is 0.600. The molecule has 0 saturated carbocycles. The maximum atomic E-state index is 2.59. The molecule has 98 valence electrons. The molecule has 2 aliphatic heterocycles. The van der Waals surface area contributed by atoms with Crippen molar-refractivity contribution in [2.24, 2.45) is 11.8 Å². The van der Waals surface area contributed by atoms with Gasteiger partial charge in [0.2, 0.25) is 0 Å². The summed E-state index contributed by atoms with van der Waals surface area (Å²) < 4.78 is 2.59. The third-order valence-electron chi connectivity index (χ3n) is 4.33. The molecule has 2 saturated heterocycles. The Kier molecular flexibility index (Phi) is 3.64. The molecule has 2 heterocycles. The van der Waals surface area contributed by atoms with Crippen LogP contribution in [-0.4, -0.2) is 41.9 Å². The van der Waals surface area contributed by atoms with Crippen LogP contribution in [0.2, 0.25) is 0 Å². The van der Waals surface area contributed by atoms with E-state index in [0.717, 1.165) is 17.9 Å². The number of rotatable bonds is 3. The molecular weight excluding hydrogens is 240 g/mol. The van der Waals surface area contributed by atoms with Crippen molar-refractivity contribution >= 4 is 11.9 Å². The SMILES string of the molecule is CC1CN(C)CC1C1CCN1Sc1ccccc1. The third kappa shape index (κ3) is 2.44. The highest BCUT2D eigenvalue weighted by Gasteiger charge is 2.41. The molecule has 0 amide bonds. The molecule has 2 nitrogen and oxygen atoms in total. The summed E-state index contributed by atoms with van der Waals surface area (Å²) in [7, 11) is 2.25. The smallest absolute Gasteiger partial charge is 0.0261 e. The standard InChI is InChI=1S/C15H22N2S/c1-12-10-16(2)11-14(12)15-8-9-17(15)18-13-6-4-3-5-7-13/h3-7,12,14-15H,8-11H2,1-2H3. The van der Waals surface area contributed by atoms with E-state index >= 15 is 0 Å². The van der Waals surface area contributed by atoms with Crippen LogP contribution in [-0.2, 0) is 0 Å². The largest absolute Gasteiger partial charge is 0.306 e. The molecule has 2 aliphatic rings. The van der Waals surface area contributed by atoms with E-state index in [-0.39, 0.29) is 0 Å². The van der Waals surface area contributed by atoms with Crippen molar-refractivity contribution in [2.45, 2.75) is 24.3 Å². The minimum Gasteiger partial charge on any atom is -0.306 e.